The Kier molecular flexibility index (Phi) is 4.98. The fourth-order valence-corrected chi connectivity index (χ4v) is 2.32. The van der Waals surface area contributed by atoms with Gasteiger partial charge in [-0.15, -0.1) is 0 Å². The van der Waals surface area contributed by atoms with E-state index in [0.29, 0.717) is 6.42 Å². The van der Waals surface area contributed by atoms with Crippen molar-refractivity contribution in [3.05, 3.63) is 30.3 Å². The molecule has 5 heteroatoms. The molecule has 1 fully saturated rings. The summed E-state index contributed by atoms with van der Waals surface area (Å²) in [5.41, 5.74) is 0.750. The lowest BCUT2D eigenvalue weighted by atomic mass is 10.1. The number of urea groups is 1. The summed E-state index contributed by atoms with van der Waals surface area (Å²) in [6.07, 6.45) is 2.16. The molecule has 0 spiro atoms. The standard InChI is InChI=1S/C15H20N3O2/c1-2-14(19)18-10-8-13(9-11-18)17-15(20)16-12-6-4-3-5-7-12/h4-7,13H,2,8-11H2,1H3,(H2,16,17,20). The Hall–Kier alpha value is -2.04. The summed E-state index contributed by atoms with van der Waals surface area (Å²) in [6, 6.07) is 9.93. The molecule has 2 rings (SSSR count). The van der Waals surface area contributed by atoms with Crippen LogP contribution in [0, 0.1) is 6.07 Å². The minimum Gasteiger partial charge on any atom is -0.343 e. The minimum atomic E-state index is -0.198. The van der Waals surface area contributed by atoms with Crippen molar-refractivity contribution < 1.29 is 9.59 Å². The van der Waals surface area contributed by atoms with E-state index in [1.807, 2.05) is 11.8 Å². The van der Waals surface area contributed by atoms with E-state index in [1.165, 1.54) is 0 Å². The second-order valence-corrected chi connectivity index (χ2v) is 4.90. The van der Waals surface area contributed by atoms with E-state index in [9.17, 15) is 9.59 Å². The van der Waals surface area contributed by atoms with Gasteiger partial charge in [0.2, 0.25) is 5.91 Å². The fourth-order valence-electron chi connectivity index (χ4n) is 2.32. The Bertz CT molecular complexity index is 453. The molecule has 0 atom stereocenters. The van der Waals surface area contributed by atoms with Crippen LogP contribution >= 0.6 is 0 Å². The lowest BCUT2D eigenvalue weighted by Gasteiger charge is -2.32. The van der Waals surface area contributed by atoms with Crippen molar-refractivity contribution in [1.29, 1.82) is 0 Å². The van der Waals surface area contributed by atoms with E-state index in [0.717, 1.165) is 31.6 Å². The smallest absolute Gasteiger partial charge is 0.319 e. The van der Waals surface area contributed by atoms with Gasteiger partial charge in [0.1, 0.15) is 0 Å². The summed E-state index contributed by atoms with van der Waals surface area (Å²) in [4.78, 5) is 25.3. The molecule has 5 nitrogen and oxygen atoms in total. The first-order valence-electron chi connectivity index (χ1n) is 7.00. The van der Waals surface area contributed by atoms with Crippen LogP contribution in [-0.4, -0.2) is 36.0 Å². The molecule has 1 aliphatic heterocycles. The minimum absolute atomic E-state index is 0.131. The molecular formula is C15H20N3O2. The molecule has 0 aromatic heterocycles. The van der Waals surface area contributed by atoms with Gasteiger partial charge in [-0.05, 0) is 31.0 Å². The second kappa shape index (κ2) is 6.93. The highest BCUT2D eigenvalue weighted by Crippen LogP contribution is 2.12. The van der Waals surface area contributed by atoms with Crippen LogP contribution in [-0.2, 0) is 4.79 Å². The number of benzene rings is 1. The predicted molar refractivity (Wildman–Crippen MR) is 77.3 cm³/mol. The molecular weight excluding hydrogens is 254 g/mol. The van der Waals surface area contributed by atoms with Crippen LogP contribution in [0.1, 0.15) is 26.2 Å². The monoisotopic (exact) mass is 274 g/mol. The normalized spacial score (nSPS) is 15.8. The largest absolute Gasteiger partial charge is 0.343 e. The molecule has 1 saturated heterocycles. The first-order chi connectivity index (χ1) is 9.69. The molecule has 0 bridgehead atoms. The quantitative estimate of drug-likeness (QED) is 0.885. The number of piperidine rings is 1. The summed E-state index contributed by atoms with van der Waals surface area (Å²) in [7, 11) is 0. The van der Waals surface area contributed by atoms with Crippen LogP contribution < -0.4 is 10.6 Å². The highest BCUT2D eigenvalue weighted by Gasteiger charge is 2.22. The van der Waals surface area contributed by atoms with Gasteiger partial charge in [-0.2, -0.15) is 0 Å². The van der Waals surface area contributed by atoms with Gasteiger partial charge < -0.3 is 15.5 Å². The first kappa shape index (κ1) is 14.4. The number of amides is 3. The number of carbonyl (C=O) groups is 2. The number of nitrogens with one attached hydrogen (secondary N) is 2. The molecule has 0 unspecified atom stereocenters. The third kappa shape index (κ3) is 3.98. The average molecular weight is 274 g/mol. The molecule has 107 valence electrons. The maximum Gasteiger partial charge on any atom is 0.319 e. The van der Waals surface area contributed by atoms with Crippen molar-refractivity contribution >= 4 is 17.6 Å². The number of likely N-dealkylation sites (tertiary alicyclic amines) is 1. The maximum atomic E-state index is 11.8. The molecule has 3 amide bonds. The van der Waals surface area contributed by atoms with Crippen LogP contribution in [0.5, 0.6) is 0 Å². The van der Waals surface area contributed by atoms with Gasteiger partial charge in [0.05, 0.1) is 0 Å². The Balaban J connectivity index is 1.75. The highest BCUT2D eigenvalue weighted by molar-refractivity contribution is 5.89. The molecule has 1 aromatic carbocycles. The maximum absolute atomic E-state index is 11.8. The fraction of sp³-hybridized carbons (Fsp3) is 0.467. The lowest BCUT2D eigenvalue weighted by Crippen LogP contribution is -2.47. The van der Waals surface area contributed by atoms with Crippen LogP contribution in [0.3, 0.4) is 0 Å². The van der Waals surface area contributed by atoms with E-state index in [-0.39, 0.29) is 18.0 Å². The van der Waals surface area contributed by atoms with E-state index >= 15 is 0 Å². The Labute approximate surface area is 119 Å². The SMILES string of the molecule is CCC(=O)N1CCC(NC(=O)Nc2cc[c]cc2)CC1. The highest BCUT2D eigenvalue weighted by atomic mass is 16.2. The second-order valence-electron chi connectivity index (χ2n) is 4.90. The molecule has 1 aliphatic rings. The molecule has 1 aromatic rings. The topological polar surface area (TPSA) is 61.4 Å². The lowest BCUT2D eigenvalue weighted by molar-refractivity contribution is -0.131. The van der Waals surface area contributed by atoms with Gasteiger partial charge >= 0.3 is 6.03 Å². The van der Waals surface area contributed by atoms with Crippen molar-refractivity contribution in [2.75, 3.05) is 18.4 Å². The van der Waals surface area contributed by atoms with Crippen molar-refractivity contribution in [2.24, 2.45) is 0 Å². The van der Waals surface area contributed by atoms with E-state index < -0.39 is 0 Å². The van der Waals surface area contributed by atoms with Gasteiger partial charge in [0, 0.05) is 31.2 Å². The summed E-state index contributed by atoms with van der Waals surface area (Å²) < 4.78 is 0. The zero-order chi connectivity index (χ0) is 14.4. The number of nitrogens with zero attached hydrogens (tertiary/aromatic N) is 1. The molecule has 1 heterocycles. The van der Waals surface area contributed by atoms with Crippen LogP contribution in [0.15, 0.2) is 24.3 Å². The van der Waals surface area contributed by atoms with Gasteiger partial charge in [-0.3, -0.25) is 4.79 Å². The van der Waals surface area contributed by atoms with Crippen molar-refractivity contribution in [3.8, 4) is 0 Å². The number of rotatable bonds is 3. The van der Waals surface area contributed by atoms with Crippen LogP contribution in [0.25, 0.3) is 0 Å². The van der Waals surface area contributed by atoms with E-state index in [2.05, 4.69) is 16.7 Å². The van der Waals surface area contributed by atoms with Gasteiger partial charge in [-0.25, -0.2) is 4.79 Å². The zero-order valence-electron chi connectivity index (χ0n) is 11.7. The third-order valence-corrected chi connectivity index (χ3v) is 3.46. The number of anilines is 1. The summed E-state index contributed by atoms with van der Waals surface area (Å²) in [5.74, 6) is 0.188. The summed E-state index contributed by atoms with van der Waals surface area (Å²) in [6.45, 7) is 3.31. The van der Waals surface area contributed by atoms with Gasteiger partial charge in [-0.1, -0.05) is 19.1 Å². The van der Waals surface area contributed by atoms with Gasteiger partial charge in [0.15, 0.2) is 0 Å². The summed E-state index contributed by atoms with van der Waals surface area (Å²) in [5, 5.41) is 5.73. The van der Waals surface area contributed by atoms with Gasteiger partial charge in [0.25, 0.3) is 0 Å². The van der Waals surface area contributed by atoms with E-state index in [1.54, 1.807) is 24.3 Å². The van der Waals surface area contributed by atoms with Crippen molar-refractivity contribution in [1.82, 2.24) is 10.2 Å². The molecule has 1 radical (unpaired) electrons. The third-order valence-electron chi connectivity index (χ3n) is 3.46. The molecule has 2 N–H and O–H groups in total. The van der Waals surface area contributed by atoms with Crippen molar-refractivity contribution in [3.63, 3.8) is 0 Å². The zero-order valence-corrected chi connectivity index (χ0v) is 11.7. The molecule has 20 heavy (non-hydrogen) atoms. The Morgan fingerprint density at radius 2 is 1.95 bits per heavy atom. The summed E-state index contributed by atoms with van der Waals surface area (Å²) >= 11 is 0. The number of hydrogen-bond acceptors (Lipinski definition) is 2. The first-order valence-corrected chi connectivity index (χ1v) is 7.00. The van der Waals surface area contributed by atoms with E-state index in [4.69, 9.17) is 0 Å². The average Bonchev–Trinajstić information content (AvgIpc) is 2.48. The predicted octanol–water partition coefficient (Wildman–Crippen LogP) is 2.01. The number of carbonyl (C=O) groups excluding carboxylic acids is 2. The van der Waals surface area contributed by atoms with Crippen LogP contribution in [0.2, 0.25) is 0 Å². The van der Waals surface area contributed by atoms with Crippen LogP contribution in [0.4, 0.5) is 10.5 Å². The Morgan fingerprint density at radius 3 is 2.55 bits per heavy atom. The molecule has 0 aliphatic carbocycles. The van der Waals surface area contributed by atoms with Crippen molar-refractivity contribution in [2.45, 2.75) is 32.2 Å². The Morgan fingerprint density at radius 1 is 1.30 bits per heavy atom. The molecule has 0 saturated carbocycles. The number of hydrogen-bond donors (Lipinski definition) is 2.